The highest BCUT2D eigenvalue weighted by Gasteiger charge is 2.26. The molecule has 0 saturated heterocycles. The predicted octanol–water partition coefficient (Wildman–Crippen LogP) is 3.88. The van der Waals surface area contributed by atoms with Crippen molar-refractivity contribution in [2.75, 3.05) is 20.3 Å². The number of carbonyl (C=O) groups is 2. The van der Waals surface area contributed by atoms with Gasteiger partial charge < -0.3 is 19.7 Å². The highest BCUT2D eigenvalue weighted by Crippen LogP contribution is 2.20. The molecule has 1 N–H and O–H groups in total. The van der Waals surface area contributed by atoms with Gasteiger partial charge in [-0.1, -0.05) is 38.1 Å². The van der Waals surface area contributed by atoms with Crippen molar-refractivity contribution in [3.63, 3.8) is 0 Å². The molecule has 2 rings (SSSR count). The van der Waals surface area contributed by atoms with Crippen molar-refractivity contribution < 1.29 is 19.1 Å². The molecule has 2 aromatic carbocycles. The van der Waals surface area contributed by atoms with Gasteiger partial charge in [-0.05, 0) is 61.6 Å². The molecule has 1 atom stereocenters. The van der Waals surface area contributed by atoms with Gasteiger partial charge in [0.15, 0.2) is 6.61 Å². The molecule has 0 aliphatic rings. The molecule has 6 nitrogen and oxygen atoms in total. The highest BCUT2D eigenvalue weighted by molar-refractivity contribution is 5.88. The van der Waals surface area contributed by atoms with Crippen molar-refractivity contribution in [2.45, 2.75) is 47.2 Å². The molecule has 1 unspecified atom stereocenters. The summed E-state index contributed by atoms with van der Waals surface area (Å²) in [7, 11) is 1.61. The van der Waals surface area contributed by atoms with Gasteiger partial charge >= 0.3 is 0 Å². The molecule has 0 spiro atoms. The van der Waals surface area contributed by atoms with E-state index in [-0.39, 0.29) is 18.4 Å². The predicted molar refractivity (Wildman–Crippen MR) is 122 cm³/mol. The second-order valence-electron chi connectivity index (χ2n) is 8.24. The maximum absolute atomic E-state index is 13.1. The molecule has 2 aromatic rings. The minimum atomic E-state index is -0.629. The van der Waals surface area contributed by atoms with E-state index in [2.05, 4.69) is 5.32 Å². The van der Waals surface area contributed by atoms with Crippen LogP contribution in [0, 0.1) is 19.8 Å². The molecule has 0 bridgehead atoms. The monoisotopic (exact) mass is 426 g/mol. The van der Waals surface area contributed by atoms with Crippen molar-refractivity contribution in [1.29, 1.82) is 0 Å². The molecule has 0 aliphatic carbocycles. The summed E-state index contributed by atoms with van der Waals surface area (Å²) in [6, 6.07) is 12.7. The Bertz CT molecular complexity index is 878. The standard InChI is InChI=1S/C25H34N2O4/c1-17(2)14-26-25(29)20(5)27(15-21-9-11-22(30-6)12-10-21)24(28)16-31-23-13-18(3)7-8-19(23)4/h7-13,17,20H,14-16H2,1-6H3,(H,26,29). The number of methoxy groups -OCH3 is 1. The Morgan fingerprint density at radius 3 is 2.32 bits per heavy atom. The number of benzene rings is 2. The smallest absolute Gasteiger partial charge is 0.261 e. The number of aryl methyl sites for hydroxylation is 2. The average Bonchev–Trinajstić information content (AvgIpc) is 2.76. The van der Waals surface area contributed by atoms with E-state index in [0.717, 1.165) is 22.4 Å². The van der Waals surface area contributed by atoms with E-state index in [1.807, 2.05) is 70.2 Å². The normalized spacial score (nSPS) is 11.7. The van der Waals surface area contributed by atoms with Gasteiger partial charge in [-0.25, -0.2) is 0 Å². The highest BCUT2D eigenvalue weighted by atomic mass is 16.5. The fourth-order valence-electron chi connectivity index (χ4n) is 3.05. The van der Waals surface area contributed by atoms with E-state index in [1.165, 1.54) is 0 Å². The first-order valence-corrected chi connectivity index (χ1v) is 10.6. The molecule has 6 heteroatoms. The number of hydrogen-bond acceptors (Lipinski definition) is 4. The van der Waals surface area contributed by atoms with Crippen LogP contribution >= 0.6 is 0 Å². The topological polar surface area (TPSA) is 67.9 Å². The Labute approximate surface area is 185 Å². The third kappa shape index (κ3) is 7.31. The zero-order valence-corrected chi connectivity index (χ0v) is 19.4. The van der Waals surface area contributed by atoms with Gasteiger partial charge in [-0.2, -0.15) is 0 Å². The van der Waals surface area contributed by atoms with Gasteiger partial charge in [0.2, 0.25) is 5.91 Å². The maximum Gasteiger partial charge on any atom is 0.261 e. The summed E-state index contributed by atoms with van der Waals surface area (Å²) in [5, 5.41) is 2.92. The minimum absolute atomic E-state index is 0.137. The van der Waals surface area contributed by atoms with Crippen molar-refractivity contribution in [3.05, 3.63) is 59.2 Å². The van der Waals surface area contributed by atoms with Crippen LogP contribution in [0.25, 0.3) is 0 Å². The largest absolute Gasteiger partial charge is 0.497 e. The molecule has 168 valence electrons. The SMILES string of the molecule is COc1ccc(CN(C(=O)COc2cc(C)ccc2C)C(C)C(=O)NCC(C)C)cc1. The lowest BCUT2D eigenvalue weighted by Crippen LogP contribution is -2.49. The third-order valence-electron chi connectivity index (χ3n) is 5.06. The van der Waals surface area contributed by atoms with Gasteiger partial charge in [0.05, 0.1) is 7.11 Å². The quantitative estimate of drug-likeness (QED) is 0.626. The van der Waals surface area contributed by atoms with Gasteiger partial charge in [0.25, 0.3) is 5.91 Å². The van der Waals surface area contributed by atoms with Crippen LogP contribution in [-0.2, 0) is 16.1 Å². The fourth-order valence-corrected chi connectivity index (χ4v) is 3.05. The lowest BCUT2D eigenvalue weighted by atomic mass is 10.1. The zero-order chi connectivity index (χ0) is 23.0. The third-order valence-corrected chi connectivity index (χ3v) is 5.06. The van der Waals surface area contributed by atoms with Gasteiger partial charge in [-0.15, -0.1) is 0 Å². The second kappa shape index (κ2) is 11.4. The van der Waals surface area contributed by atoms with Crippen LogP contribution in [0.2, 0.25) is 0 Å². The van der Waals surface area contributed by atoms with Crippen molar-refractivity contribution in [3.8, 4) is 11.5 Å². The van der Waals surface area contributed by atoms with E-state index in [1.54, 1.807) is 18.9 Å². The summed E-state index contributed by atoms with van der Waals surface area (Å²) in [4.78, 5) is 27.4. The molecule has 0 radical (unpaired) electrons. The van der Waals surface area contributed by atoms with Crippen LogP contribution in [-0.4, -0.2) is 43.0 Å². The first-order valence-electron chi connectivity index (χ1n) is 10.6. The van der Waals surface area contributed by atoms with Gasteiger partial charge in [0.1, 0.15) is 17.5 Å². The van der Waals surface area contributed by atoms with E-state index in [4.69, 9.17) is 9.47 Å². The molecule has 0 saturated carbocycles. The van der Waals surface area contributed by atoms with Crippen molar-refractivity contribution >= 4 is 11.8 Å². The fraction of sp³-hybridized carbons (Fsp3) is 0.440. The number of nitrogens with zero attached hydrogens (tertiary/aromatic N) is 1. The lowest BCUT2D eigenvalue weighted by Gasteiger charge is -2.29. The minimum Gasteiger partial charge on any atom is -0.497 e. The Kier molecular flexibility index (Phi) is 8.91. The maximum atomic E-state index is 13.1. The second-order valence-corrected chi connectivity index (χ2v) is 8.24. The zero-order valence-electron chi connectivity index (χ0n) is 19.4. The van der Waals surface area contributed by atoms with Crippen LogP contribution in [0.4, 0.5) is 0 Å². The molecule has 31 heavy (non-hydrogen) atoms. The molecular formula is C25H34N2O4. The number of amides is 2. The van der Waals surface area contributed by atoms with E-state index in [0.29, 0.717) is 24.8 Å². The van der Waals surface area contributed by atoms with E-state index < -0.39 is 6.04 Å². The molecule has 0 aliphatic heterocycles. The van der Waals surface area contributed by atoms with Crippen LogP contribution in [0.15, 0.2) is 42.5 Å². The number of ether oxygens (including phenoxy) is 2. The Morgan fingerprint density at radius 1 is 1.03 bits per heavy atom. The summed E-state index contributed by atoms with van der Waals surface area (Å²) in [6.07, 6.45) is 0. The Morgan fingerprint density at radius 2 is 1.71 bits per heavy atom. The summed E-state index contributed by atoms with van der Waals surface area (Å²) in [6.45, 7) is 10.5. The summed E-state index contributed by atoms with van der Waals surface area (Å²) >= 11 is 0. The Hall–Kier alpha value is -3.02. The average molecular weight is 427 g/mol. The number of hydrogen-bond donors (Lipinski definition) is 1. The van der Waals surface area contributed by atoms with Crippen LogP contribution in [0.3, 0.4) is 0 Å². The van der Waals surface area contributed by atoms with Gasteiger partial charge in [-0.3, -0.25) is 9.59 Å². The lowest BCUT2D eigenvalue weighted by molar-refractivity contribution is -0.142. The molecular weight excluding hydrogens is 392 g/mol. The molecule has 0 fully saturated rings. The summed E-state index contributed by atoms with van der Waals surface area (Å²) in [5.41, 5.74) is 2.93. The van der Waals surface area contributed by atoms with E-state index in [9.17, 15) is 9.59 Å². The van der Waals surface area contributed by atoms with Crippen LogP contribution < -0.4 is 14.8 Å². The van der Waals surface area contributed by atoms with E-state index >= 15 is 0 Å². The molecule has 0 heterocycles. The molecule has 0 aromatic heterocycles. The Balaban J connectivity index is 2.16. The number of carbonyl (C=O) groups excluding carboxylic acids is 2. The molecule has 2 amide bonds. The van der Waals surface area contributed by atoms with Crippen molar-refractivity contribution in [1.82, 2.24) is 10.2 Å². The number of nitrogens with one attached hydrogen (secondary N) is 1. The first-order chi connectivity index (χ1) is 14.7. The summed E-state index contributed by atoms with van der Waals surface area (Å²) < 4.78 is 11.0. The van der Waals surface area contributed by atoms with Crippen LogP contribution in [0.5, 0.6) is 11.5 Å². The van der Waals surface area contributed by atoms with Gasteiger partial charge in [0, 0.05) is 13.1 Å². The first kappa shape index (κ1) is 24.3. The van der Waals surface area contributed by atoms with Crippen LogP contribution in [0.1, 0.15) is 37.5 Å². The van der Waals surface area contributed by atoms with Crippen molar-refractivity contribution in [2.24, 2.45) is 5.92 Å². The number of rotatable bonds is 10. The summed E-state index contributed by atoms with van der Waals surface area (Å²) in [5.74, 6) is 1.32.